The number of hydrogen-bond acceptors (Lipinski definition) is 5. The van der Waals surface area contributed by atoms with Gasteiger partial charge in [-0.1, -0.05) is 54.3 Å². The highest BCUT2D eigenvalue weighted by atomic mass is 32.2. The molecule has 5 nitrogen and oxygen atoms in total. The number of aryl methyl sites for hydroxylation is 1. The fourth-order valence-corrected chi connectivity index (χ4v) is 3.77. The lowest BCUT2D eigenvalue weighted by atomic mass is 10.1. The van der Waals surface area contributed by atoms with Crippen LogP contribution < -0.4 is 9.64 Å². The van der Waals surface area contributed by atoms with Gasteiger partial charge in [-0.2, -0.15) is 0 Å². The van der Waals surface area contributed by atoms with E-state index in [-0.39, 0.29) is 5.91 Å². The standard InChI is InChI=1S/C19H15NO4S2/c1-12-5-2-3-8-15(12)20-18(23)16(26-19(20)25)10-13-6-4-7-14(9-13)24-11-17(21)22/h2-10H,11H2,1H3,(H,21,22)/b16-10-. The van der Waals surface area contributed by atoms with Gasteiger partial charge in [0.25, 0.3) is 5.91 Å². The van der Waals surface area contributed by atoms with Crippen molar-refractivity contribution in [1.29, 1.82) is 0 Å². The van der Waals surface area contributed by atoms with E-state index in [2.05, 4.69) is 0 Å². The first kappa shape index (κ1) is 18.2. The van der Waals surface area contributed by atoms with Gasteiger partial charge in [0, 0.05) is 0 Å². The number of carbonyl (C=O) groups is 2. The number of thiocarbonyl (C=S) groups is 1. The maximum atomic E-state index is 12.8. The lowest BCUT2D eigenvalue weighted by Crippen LogP contribution is -2.28. The number of anilines is 1. The van der Waals surface area contributed by atoms with Crippen LogP contribution in [-0.4, -0.2) is 27.9 Å². The zero-order chi connectivity index (χ0) is 18.7. The molecular weight excluding hydrogens is 370 g/mol. The molecule has 132 valence electrons. The molecular formula is C19H15NO4S2. The molecule has 0 spiro atoms. The van der Waals surface area contributed by atoms with Crippen LogP contribution in [0.15, 0.2) is 53.4 Å². The summed E-state index contributed by atoms with van der Waals surface area (Å²) in [7, 11) is 0. The van der Waals surface area contributed by atoms with Crippen LogP contribution in [-0.2, 0) is 9.59 Å². The molecule has 0 atom stereocenters. The maximum Gasteiger partial charge on any atom is 0.341 e. The van der Waals surface area contributed by atoms with Crippen molar-refractivity contribution in [3.63, 3.8) is 0 Å². The predicted molar refractivity (Wildman–Crippen MR) is 106 cm³/mol. The second-order valence-corrected chi connectivity index (χ2v) is 7.23. The van der Waals surface area contributed by atoms with Gasteiger partial charge in [0.2, 0.25) is 0 Å². The molecule has 7 heteroatoms. The number of nitrogens with zero attached hydrogens (tertiary/aromatic N) is 1. The van der Waals surface area contributed by atoms with Crippen molar-refractivity contribution >= 4 is 51.9 Å². The van der Waals surface area contributed by atoms with Gasteiger partial charge >= 0.3 is 5.97 Å². The Balaban J connectivity index is 1.85. The zero-order valence-electron chi connectivity index (χ0n) is 13.8. The smallest absolute Gasteiger partial charge is 0.341 e. The third-order valence-electron chi connectivity index (χ3n) is 3.67. The van der Waals surface area contributed by atoms with E-state index in [0.717, 1.165) is 16.8 Å². The molecule has 3 rings (SSSR count). The number of amides is 1. The molecule has 1 heterocycles. The van der Waals surface area contributed by atoms with Crippen molar-refractivity contribution in [2.75, 3.05) is 11.5 Å². The molecule has 0 aromatic heterocycles. The highest BCUT2D eigenvalue weighted by Crippen LogP contribution is 2.37. The Bertz CT molecular complexity index is 923. The van der Waals surface area contributed by atoms with E-state index in [1.807, 2.05) is 37.3 Å². The minimum absolute atomic E-state index is 0.175. The second kappa shape index (κ2) is 7.72. The molecule has 1 amide bonds. The molecule has 0 bridgehead atoms. The summed E-state index contributed by atoms with van der Waals surface area (Å²) in [6.45, 7) is 1.51. The van der Waals surface area contributed by atoms with E-state index >= 15 is 0 Å². The molecule has 0 saturated carbocycles. The van der Waals surface area contributed by atoms with Gasteiger partial charge in [0.05, 0.1) is 10.6 Å². The van der Waals surface area contributed by atoms with Crippen molar-refractivity contribution in [1.82, 2.24) is 0 Å². The topological polar surface area (TPSA) is 66.8 Å². The molecule has 2 aromatic rings. The molecule has 1 aliphatic heterocycles. The number of carboxylic acids is 1. The number of aliphatic carboxylic acids is 1. The molecule has 0 radical (unpaired) electrons. The van der Waals surface area contributed by atoms with Crippen LogP contribution in [0.3, 0.4) is 0 Å². The molecule has 1 N–H and O–H groups in total. The number of carboxylic acid groups (broad SMARTS) is 1. The van der Waals surface area contributed by atoms with Gasteiger partial charge in [-0.15, -0.1) is 0 Å². The number of rotatable bonds is 5. The Morgan fingerprint density at radius 2 is 2.04 bits per heavy atom. The molecule has 1 saturated heterocycles. The molecule has 1 aliphatic rings. The number of ether oxygens (including phenoxy) is 1. The van der Waals surface area contributed by atoms with E-state index in [1.165, 1.54) is 16.7 Å². The Kier molecular flexibility index (Phi) is 5.39. The molecule has 1 fully saturated rings. The monoisotopic (exact) mass is 385 g/mol. The van der Waals surface area contributed by atoms with Crippen LogP contribution in [0.5, 0.6) is 5.75 Å². The van der Waals surface area contributed by atoms with E-state index in [9.17, 15) is 9.59 Å². The summed E-state index contributed by atoms with van der Waals surface area (Å²) in [6, 6.07) is 14.5. The molecule has 0 aliphatic carbocycles. The van der Waals surface area contributed by atoms with Gasteiger partial charge < -0.3 is 9.84 Å². The van der Waals surface area contributed by atoms with E-state index in [1.54, 1.807) is 24.3 Å². The minimum Gasteiger partial charge on any atom is -0.482 e. The first-order valence-electron chi connectivity index (χ1n) is 7.74. The number of thioether (sulfide) groups is 1. The summed E-state index contributed by atoms with van der Waals surface area (Å²) < 4.78 is 5.65. The second-order valence-electron chi connectivity index (χ2n) is 5.56. The minimum atomic E-state index is -1.05. The van der Waals surface area contributed by atoms with Crippen LogP contribution >= 0.6 is 24.0 Å². The largest absolute Gasteiger partial charge is 0.482 e. The van der Waals surface area contributed by atoms with Gasteiger partial charge in [0.1, 0.15) is 5.75 Å². The van der Waals surface area contributed by atoms with E-state index in [4.69, 9.17) is 22.1 Å². The Labute approximate surface area is 160 Å². The van der Waals surface area contributed by atoms with Crippen LogP contribution in [0, 0.1) is 6.92 Å². The molecule has 0 unspecified atom stereocenters. The summed E-state index contributed by atoms with van der Waals surface area (Å²) >= 11 is 6.62. The summed E-state index contributed by atoms with van der Waals surface area (Å²) in [4.78, 5) is 25.5. The summed E-state index contributed by atoms with van der Waals surface area (Å²) in [6.07, 6.45) is 1.73. The third kappa shape index (κ3) is 3.95. The van der Waals surface area contributed by atoms with Gasteiger partial charge in [-0.05, 0) is 42.3 Å². The SMILES string of the molecule is Cc1ccccc1N1C(=O)/C(=C/c2cccc(OCC(=O)O)c2)SC1=S. The quantitative estimate of drug-likeness (QED) is 0.623. The first-order chi connectivity index (χ1) is 12.5. The Morgan fingerprint density at radius 3 is 2.77 bits per heavy atom. The van der Waals surface area contributed by atoms with Gasteiger partial charge in [-0.3, -0.25) is 9.69 Å². The number of para-hydroxylation sites is 1. The van der Waals surface area contributed by atoms with Crippen LogP contribution in [0.25, 0.3) is 6.08 Å². The van der Waals surface area contributed by atoms with E-state index in [0.29, 0.717) is 15.0 Å². The summed E-state index contributed by atoms with van der Waals surface area (Å²) in [5.41, 5.74) is 2.48. The zero-order valence-corrected chi connectivity index (χ0v) is 15.5. The lowest BCUT2D eigenvalue weighted by Gasteiger charge is -2.16. The third-order valence-corrected chi connectivity index (χ3v) is 4.97. The lowest BCUT2D eigenvalue weighted by molar-refractivity contribution is -0.139. The van der Waals surface area contributed by atoms with Gasteiger partial charge in [-0.25, -0.2) is 4.79 Å². The first-order valence-corrected chi connectivity index (χ1v) is 8.96. The van der Waals surface area contributed by atoms with Crippen molar-refractivity contribution in [3.8, 4) is 5.75 Å². The summed E-state index contributed by atoms with van der Waals surface area (Å²) in [5, 5.41) is 8.69. The number of benzene rings is 2. The highest BCUT2D eigenvalue weighted by Gasteiger charge is 2.33. The van der Waals surface area contributed by atoms with Crippen molar-refractivity contribution in [2.45, 2.75) is 6.92 Å². The highest BCUT2D eigenvalue weighted by molar-refractivity contribution is 8.27. The van der Waals surface area contributed by atoms with E-state index < -0.39 is 12.6 Å². The van der Waals surface area contributed by atoms with Crippen LogP contribution in [0.1, 0.15) is 11.1 Å². The number of hydrogen-bond donors (Lipinski definition) is 1. The van der Waals surface area contributed by atoms with Crippen molar-refractivity contribution in [3.05, 3.63) is 64.6 Å². The average molecular weight is 385 g/mol. The predicted octanol–water partition coefficient (Wildman–Crippen LogP) is 3.86. The van der Waals surface area contributed by atoms with Crippen molar-refractivity contribution in [2.24, 2.45) is 0 Å². The van der Waals surface area contributed by atoms with Crippen LogP contribution in [0.4, 0.5) is 5.69 Å². The fourth-order valence-electron chi connectivity index (χ4n) is 2.48. The normalized spacial score (nSPS) is 15.6. The Hall–Kier alpha value is -2.64. The maximum absolute atomic E-state index is 12.8. The summed E-state index contributed by atoms with van der Waals surface area (Å²) in [5.74, 6) is -0.795. The van der Waals surface area contributed by atoms with Gasteiger partial charge in [0.15, 0.2) is 10.9 Å². The Morgan fingerprint density at radius 1 is 1.27 bits per heavy atom. The molecule has 26 heavy (non-hydrogen) atoms. The number of carbonyl (C=O) groups excluding carboxylic acids is 1. The van der Waals surface area contributed by atoms with Crippen LogP contribution in [0.2, 0.25) is 0 Å². The fraction of sp³-hybridized carbons (Fsp3) is 0.105. The van der Waals surface area contributed by atoms with Crippen molar-refractivity contribution < 1.29 is 19.4 Å². The molecule has 2 aromatic carbocycles. The average Bonchev–Trinajstić information content (AvgIpc) is 2.88.